The normalized spacial score (nSPS) is 10.3. The average Bonchev–Trinajstić information content (AvgIpc) is 2.78. The third-order valence-electron chi connectivity index (χ3n) is 1.81. The molecule has 2 aromatic heterocycles. The molecule has 0 atom stereocenters. The minimum absolute atomic E-state index is 0.124. The van der Waals surface area contributed by atoms with Gasteiger partial charge >= 0.3 is 0 Å². The summed E-state index contributed by atoms with van der Waals surface area (Å²) in [5, 5.41) is 6.70. The van der Waals surface area contributed by atoms with E-state index in [9.17, 15) is 0 Å². The molecule has 0 aliphatic carbocycles. The van der Waals surface area contributed by atoms with Crippen molar-refractivity contribution in [3.8, 4) is 0 Å². The lowest BCUT2D eigenvalue weighted by Gasteiger charge is -2.11. The highest BCUT2D eigenvalue weighted by Gasteiger charge is 2.07. The molecule has 2 heterocycles. The van der Waals surface area contributed by atoms with E-state index in [-0.39, 0.29) is 5.28 Å². The Labute approximate surface area is 102 Å². The standard InChI is InChI=1S/C8H10ClN7O/c1-16(2)8-13-6(9)12-7(14-8)10-3-5-11-4-17-15-5/h4H,3H2,1-2H3,(H,10,12,13,14). The van der Waals surface area contributed by atoms with Crippen molar-refractivity contribution in [2.45, 2.75) is 6.54 Å². The van der Waals surface area contributed by atoms with Crippen LogP contribution < -0.4 is 10.2 Å². The predicted octanol–water partition coefficient (Wildman–Crippen LogP) is 0.586. The van der Waals surface area contributed by atoms with Gasteiger partial charge in [0.1, 0.15) is 0 Å². The Morgan fingerprint density at radius 2 is 2.18 bits per heavy atom. The molecule has 0 unspecified atom stereocenters. The van der Waals surface area contributed by atoms with Crippen LogP contribution in [0.15, 0.2) is 10.9 Å². The number of hydrogen-bond donors (Lipinski definition) is 1. The van der Waals surface area contributed by atoms with Gasteiger partial charge in [-0.15, -0.1) is 0 Å². The van der Waals surface area contributed by atoms with Crippen LogP contribution in [0.1, 0.15) is 5.82 Å². The number of hydrogen-bond acceptors (Lipinski definition) is 8. The van der Waals surface area contributed by atoms with Crippen molar-refractivity contribution in [1.29, 1.82) is 0 Å². The van der Waals surface area contributed by atoms with Gasteiger partial charge in [0.05, 0.1) is 6.54 Å². The molecule has 0 radical (unpaired) electrons. The maximum atomic E-state index is 5.78. The Bertz CT molecular complexity index is 487. The van der Waals surface area contributed by atoms with Crippen molar-refractivity contribution < 1.29 is 4.52 Å². The molecule has 1 N–H and O–H groups in total. The van der Waals surface area contributed by atoms with Crippen molar-refractivity contribution >= 4 is 23.5 Å². The van der Waals surface area contributed by atoms with Gasteiger partial charge in [-0.1, -0.05) is 5.16 Å². The van der Waals surface area contributed by atoms with Gasteiger partial charge < -0.3 is 14.7 Å². The SMILES string of the molecule is CN(C)c1nc(Cl)nc(NCc2ncon2)n1. The van der Waals surface area contributed by atoms with E-state index in [1.54, 1.807) is 4.90 Å². The van der Waals surface area contributed by atoms with Crippen LogP contribution >= 0.6 is 11.6 Å². The van der Waals surface area contributed by atoms with Gasteiger partial charge in [0.2, 0.25) is 23.6 Å². The zero-order valence-electron chi connectivity index (χ0n) is 9.25. The minimum Gasteiger partial charge on any atom is -0.347 e. The molecule has 0 bridgehead atoms. The molecule has 2 aromatic rings. The first-order valence-corrected chi connectivity index (χ1v) is 5.11. The molecule has 0 amide bonds. The molecule has 0 aliphatic rings. The summed E-state index contributed by atoms with van der Waals surface area (Å²) in [5.74, 6) is 1.34. The molecule has 90 valence electrons. The van der Waals surface area contributed by atoms with Crippen molar-refractivity contribution in [3.63, 3.8) is 0 Å². The van der Waals surface area contributed by atoms with Crippen molar-refractivity contribution in [2.24, 2.45) is 0 Å². The highest BCUT2D eigenvalue weighted by molar-refractivity contribution is 6.28. The summed E-state index contributed by atoms with van der Waals surface area (Å²) >= 11 is 5.78. The van der Waals surface area contributed by atoms with Crippen LogP contribution in [0, 0.1) is 0 Å². The first-order valence-electron chi connectivity index (χ1n) is 4.73. The predicted molar refractivity (Wildman–Crippen MR) is 60.8 cm³/mol. The van der Waals surface area contributed by atoms with Gasteiger partial charge in [-0.2, -0.15) is 19.9 Å². The number of halogens is 1. The fourth-order valence-electron chi connectivity index (χ4n) is 1.05. The second-order valence-electron chi connectivity index (χ2n) is 3.32. The second kappa shape index (κ2) is 4.91. The summed E-state index contributed by atoms with van der Waals surface area (Å²) in [6, 6.07) is 0. The fourth-order valence-corrected chi connectivity index (χ4v) is 1.20. The molecule has 9 heteroatoms. The zero-order chi connectivity index (χ0) is 12.3. The lowest BCUT2D eigenvalue weighted by Crippen LogP contribution is -2.15. The van der Waals surface area contributed by atoms with Crippen LogP contribution in [0.2, 0.25) is 5.28 Å². The Morgan fingerprint density at radius 1 is 1.35 bits per heavy atom. The summed E-state index contributed by atoms with van der Waals surface area (Å²) < 4.78 is 4.60. The molecule has 0 saturated heterocycles. The third-order valence-corrected chi connectivity index (χ3v) is 1.98. The van der Waals surface area contributed by atoms with Crippen molar-refractivity contribution in [3.05, 3.63) is 17.5 Å². The molecule has 0 saturated carbocycles. The van der Waals surface area contributed by atoms with E-state index in [1.165, 1.54) is 6.39 Å². The molecule has 0 aromatic carbocycles. The van der Waals surface area contributed by atoms with Crippen molar-refractivity contribution in [1.82, 2.24) is 25.1 Å². The van der Waals surface area contributed by atoms with E-state index in [0.717, 1.165) is 0 Å². The smallest absolute Gasteiger partial charge is 0.230 e. The first-order chi connectivity index (χ1) is 8.15. The maximum absolute atomic E-state index is 5.78. The van der Waals surface area contributed by atoms with Crippen molar-refractivity contribution in [2.75, 3.05) is 24.3 Å². The van der Waals surface area contributed by atoms with E-state index < -0.39 is 0 Å². The highest BCUT2D eigenvalue weighted by atomic mass is 35.5. The molecule has 8 nitrogen and oxygen atoms in total. The lowest BCUT2D eigenvalue weighted by atomic mass is 10.6. The molecular formula is C8H10ClN7O. The topological polar surface area (TPSA) is 92.9 Å². The Kier molecular flexibility index (Phi) is 3.33. The number of nitrogens with one attached hydrogen (secondary N) is 1. The van der Waals surface area contributed by atoms with Gasteiger partial charge in [0.15, 0.2) is 5.82 Å². The summed E-state index contributed by atoms with van der Waals surface area (Å²) in [6.07, 6.45) is 1.25. The summed E-state index contributed by atoms with van der Waals surface area (Å²) in [5.41, 5.74) is 0. The Balaban J connectivity index is 2.10. The molecule has 0 fully saturated rings. The van der Waals surface area contributed by atoms with Crippen LogP contribution in [0.4, 0.5) is 11.9 Å². The van der Waals surface area contributed by atoms with E-state index in [0.29, 0.717) is 24.3 Å². The second-order valence-corrected chi connectivity index (χ2v) is 3.66. The molecule has 17 heavy (non-hydrogen) atoms. The van der Waals surface area contributed by atoms with E-state index >= 15 is 0 Å². The first kappa shape index (κ1) is 11.5. The molecule has 0 aliphatic heterocycles. The van der Waals surface area contributed by atoms with Crippen LogP contribution in [-0.2, 0) is 6.54 Å². The summed E-state index contributed by atoms with van der Waals surface area (Å²) in [4.78, 5) is 17.6. The molecular weight excluding hydrogens is 246 g/mol. The molecule has 2 rings (SSSR count). The van der Waals surface area contributed by atoms with Gasteiger partial charge in [0.25, 0.3) is 0 Å². The quantitative estimate of drug-likeness (QED) is 0.848. The van der Waals surface area contributed by atoms with Crippen LogP contribution in [0.25, 0.3) is 0 Å². The molecule has 0 spiro atoms. The Hall–Kier alpha value is -1.96. The largest absolute Gasteiger partial charge is 0.347 e. The van der Waals surface area contributed by atoms with E-state index in [2.05, 4.69) is 34.9 Å². The van der Waals surface area contributed by atoms with Gasteiger partial charge in [-0.3, -0.25) is 0 Å². The third kappa shape index (κ3) is 3.00. The number of nitrogens with zero attached hydrogens (tertiary/aromatic N) is 6. The summed E-state index contributed by atoms with van der Waals surface area (Å²) in [6.45, 7) is 0.351. The lowest BCUT2D eigenvalue weighted by molar-refractivity contribution is 0.411. The summed E-state index contributed by atoms with van der Waals surface area (Å²) in [7, 11) is 3.63. The number of rotatable bonds is 4. The Morgan fingerprint density at radius 3 is 2.82 bits per heavy atom. The van der Waals surface area contributed by atoms with Crippen LogP contribution in [0.3, 0.4) is 0 Å². The van der Waals surface area contributed by atoms with Crippen LogP contribution in [0.5, 0.6) is 0 Å². The van der Waals surface area contributed by atoms with Crippen LogP contribution in [-0.4, -0.2) is 39.2 Å². The zero-order valence-corrected chi connectivity index (χ0v) is 10.0. The van der Waals surface area contributed by atoms with Gasteiger partial charge in [-0.05, 0) is 11.6 Å². The van der Waals surface area contributed by atoms with E-state index in [4.69, 9.17) is 11.6 Å². The monoisotopic (exact) mass is 255 g/mol. The fraction of sp³-hybridized carbons (Fsp3) is 0.375. The minimum atomic E-state index is 0.124. The number of aromatic nitrogens is 5. The maximum Gasteiger partial charge on any atom is 0.230 e. The van der Waals surface area contributed by atoms with Gasteiger partial charge in [-0.25, -0.2) is 0 Å². The van der Waals surface area contributed by atoms with E-state index in [1.807, 2.05) is 14.1 Å². The highest BCUT2D eigenvalue weighted by Crippen LogP contribution is 2.11. The number of anilines is 2. The average molecular weight is 256 g/mol. The van der Waals surface area contributed by atoms with Gasteiger partial charge in [0, 0.05) is 14.1 Å².